The van der Waals surface area contributed by atoms with Crippen LogP contribution in [0.25, 0.3) is 0 Å². The Morgan fingerprint density at radius 3 is 3.00 bits per heavy atom. The van der Waals surface area contributed by atoms with E-state index in [-0.39, 0.29) is 12.7 Å². The molecule has 0 bridgehead atoms. The first kappa shape index (κ1) is 14.9. The van der Waals surface area contributed by atoms with E-state index < -0.39 is 0 Å². The van der Waals surface area contributed by atoms with Crippen LogP contribution in [0.1, 0.15) is 10.4 Å². The van der Waals surface area contributed by atoms with Gasteiger partial charge in [-0.2, -0.15) is 0 Å². The van der Waals surface area contributed by atoms with Gasteiger partial charge >= 0.3 is 0 Å². The van der Waals surface area contributed by atoms with E-state index in [1.165, 1.54) is 0 Å². The number of rotatable bonds is 7. The molecule has 0 aliphatic carbocycles. The maximum absolute atomic E-state index is 12.0. The van der Waals surface area contributed by atoms with Crippen molar-refractivity contribution in [2.24, 2.45) is 0 Å². The fourth-order valence-corrected chi connectivity index (χ4v) is 2.03. The average Bonchev–Trinajstić information content (AvgIpc) is 2.91. The molecule has 0 saturated carbocycles. The first-order valence-electron chi connectivity index (χ1n) is 6.29. The zero-order chi connectivity index (χ0) is 14.4. The van der Waals surface area contributed by atoms with E-state index in [2.05, 4.69) is 10.6 Å². The van der Waals surface area contributed by atoms with E-state index in [1.54, 1.807) is 19.2 Å². The number of hydrogen-bond donors (Lipinski definition) is 2. The smallest absolute Gasteiger partial charge is 0.251 e. The van der Waals surface area contributed by atoms with Gasteiger partial charge in [0.2, 0.25) is 6.79 Å². The molecule has 0 fully saturated rings. The van der Waals surface area contributed by atoms with Crippen LogP contribution < -0.4 is 20.1 Å². The van der Waals surface area contributed by atoms with Gasteiger partial charge in [-0.15, -0.1) is 0 Å². The third-order valence-electron chi connectivity index (χ3n) is 2.76. The van der Waals surface area contributed by atoms with Crippen molar-refractivity contribution in [1.29, 1.82) is 0 Å². The first-order chi connectivity index (χ1) is 9.72. The lowest BCUT2D eigenvalue weighted by Crippen LogP contribution is -2.33. The number of amides is 1. The second-order valence-corrected chi connectivity index (χ2v) is 4.60. The molecule has 1 aromatic rings. The summed E-state index contributed by atoms with van der Waals surface area (Å²) in [5.74, 6) is 0.795. The Kier molecular flexibility index (Phi) is 5.46. The summed E-state index contributed by atoms with van der Waals surface area (Å²) >= 11 is 6.03. The zero-order valence-corrected chi connectivity index (χ0v) is 12.0. The van der Waals surface area contributed by atoms with Gasteiger partial charge in [-0.3, -0.25) is 4.79 Å². The van der Waals surface area contributed by atoms with E-state index >= 15 is 0 Å². The molecule has 20 heavy (non-hydrogen) atoms. The number of nitrogens with one attached hydrogen (secondary N) is 2. The highest BCUT2D eigenvalue weighted by Gasteiger charge is 2.20. The van der Waals surface area contributed by atoms with Gasteiger partial charge in [-0.25, -0.2) is 0 Å². The van der Waals surface area contributed by atoms with Crippen LogP contribution in [0.5, 0.6) is 11.5 Å². The highest BCUT2D eigenvalue weighted by molar-refractivity contribution is 6.32. The van der Waals surface area contributed by atoms with Gasteiger partial charge in [-0.05, 0) is 12.1 Å². The van der Waals surface area contributed by atoms with Crippen molar-refractivity contribution in [3.05, 3.63) is 22.7 Å². The third-order valence-corrected chi connectivity index (χ3v) is 3.04. The maximum Gasteiger partial charge on any atom is 0.251 e. The topological polar surface area (TPSA) is 68.8 Å². The molecule has 110 valence electrons. The fraction of sp³-hybridized carbons (Fsp3) is 0.462. The molecule has 1 aliphatic heterocycles. The van der Waals surface area contributed by atoms with Crippen molar-refractivity contribution in [1.82, 2.24) is 10.6 Å². The Labute approximate surface area is 122 Å². The number of carbonyl (C=O) groups excluding carboxylic acids is 1. The predicted molar refractivity (Wildman–Crippen MR) is 74.7 cm³/mol. The quantitative estimate of drug-likeness (QED) is 0.736. The zero-order valence-electron chi connectivity index (χ0n) is 11.2. The molecule has 1 aliphatic rings. The Morgan fingerprint density at radius 2 is 2.20 bits per heavy atom. The van der Waals surface area contributed by atoms with Gasteiger partial charge in [0.25, 0.3) is 5.91 Å². The van der Waals surface area contributed by atoms with Crippen LogP contribution in [0, 0.1) is 0 Å². The minimum absolute atomic E-state index is 0.129. The number of ether oxygens (including phenoxy) is 3. The molecule has 0 saturated heterocycles. The van der Waals surface area contributed by atoms with Crippen molar-refractivity contribution < 1.29 is 19.0 Å². The highest BCUT2D eigenvalue weighted by Crippen LogP contribution is 2.39. The predicted octanol–water partition coefficient (Wildman–Crippen LogP) is 1.03. The summed E-state index contributed by atoms with van der Waals surface area (Å²) in [5, 5.41) is 6.31. The van der Waals surface area contributed by atoms with E-state index in [0.29, 0.717) is 41.8 Å². The lowest BCUT2D eigenvalue weighted by Gasteiger charge is -2.08. The average molecular weight is 301 g/mol. The molecular formula is C13H17ClN2O4. The van der Waals surface area contributed by atoms with Crippen molar-refractivity contribution in [3.63, 3.8) is 0 Å². The van der Waals surface area contributed by atoms with Crippen molar-refractivity contribution in [2.45, 2.75) is 0 Å². The molecule has 2 N–H and O–H groups in total. The Hall–Kier alpha value is -1.50. The standard InChI is InChI=1S/C13H17ClN2O4/c1-18-5-4-15-2-3-16-13(17)9-6-10(14)12-11(7-9)19-8-20-12/h6-7,15H,2-5,8H2,1H3,(H,16,17). The van der Waals surface area contributed by atoms with Crippen molar-refractivity contribution >= 4 is 17.5 Å². The van der Waals surface area contributed by atoms with Crippen LogP contribution in [0.4, 0.5) is 0 Å². The van der Waals surface area contributed by atoms with Crippen LogP contribution in [0.15, 0.2) is 12.1 Å². The molecule has 7 heteroatoms. The monoisotopic (exact) mass is 300 g/mol. The summed E-state index contributed by atoms with van der Waals surface area (Å²) in [6, 6.07) is 3.20. The summed E-state index contributed by atoms with van der Waals surface area (Å²) in [4.78, 5) is 12.0. The number of benzene rings is 1. The summed E-state index contributed by atoms with van der Waals surface area (Å²) in [7, 11) is 1.65. The van der Waals surface area contributed by atoms with Crippen molar-refractivity contribution in [3.8, 4) is 11.5 Å². The Balaban J connectivity index is 1.82. The van der Waals surface area contributed by atoms with E-state index in [4.69, 9.17) is 25.8 Å². The molecular weight excluding hydrogens is 284 g/mol. The third kappa shape index (κ3) is 3.75. The van der Waals surface area contributed by atoms with Gasteiger partial charge in [0, 0.05) is 32.3 Å². The van der Waals surface area contributed by atoms with E-state index in [0.717, 1.165) is 6.54 Å². The van der Waals surface area contributed by atoms with Gasteiger partial charge < -0.3 is 24.8 Å². The van der Waals surface area contributed by atoms with Gasteiger partial charge in [-0.1, -0.05) is 11.6 Å². The minimum Gasteiger partial charge on any atom is -0.454 e. The number of carbonyl (C=O) groups is 1. The van der Waals surface area contributed by atoms with Gasteiger partial charge in [0.15, 0.2) is 11.5 Å². The maximum atomic E-state index is 12.0. The van der Waals surface area contributed by atoms with Crippen LogP contribution in [0.3, 0.4) is 0 Å². The molecule has 2 rings (SSSR count). The van der Waals surface area contributed by atoms with Crippen LogP contribution in [-0.4, -0.2) is 46.1 Å². The van der Waals surface area contributed by atoms with Crippen LogP contribution in [-0.2, 0) is 4.74 Å². The fourth-order valence-electron chi connectivity index (χ4n) is 1.76. The number of methoxy groups -OCH3 is 1. The molecule has 0 spiro atoms. The minimum atomic E-state index is -0.196. The molecule has 6 nitrogen and oxygen atoms in total. The normalized spacial score (nSPS) is 12.5. The van der Waals surface area contributed by atoms with E-state index in [9.17, 15) is 4.79 Å². The highest BCUT2D eigenvalue weighted by atomic mass is 35.5. The SMILES string of the molecule is COCCNCCNC(=O)c1cc(Cl)c2c(c1)OCO2. The lowest BCUT2D eigenvalue weighted by atomic mass is 10.2. The van der Waals surface area contributed by atoms with Crippen LogP contribution in [0.2, 0.25) is 5.02 Å². The lowest BCUT2D eigenvalue weighted by molar-refractivity contribution is 0.0953. The summed E-state index contributed by atoms with van der Waals surface area (Å²) in [6.07, 6.45) is 0. The molecule has 1 heterocycles. The van der Waals surface area contributed by atoms with Crippen LogP contribution >= 0.6 is 11.6 Å². The molecule has 0 unspecified atom stereocenters. The second-order valence-electron chi connectivity index (χ2n) is 4.19. The number of hydrogen-bond acceptors (Lipinski definition) is 5. The summed E-state index contributed by atoms with van der Waals surface area (Å²) < 4.78 is 15.3. The van der Waals surface area contributed by atoms with Gasteiger partial charge in [0.05, 0.1) is 11.6 Å². The van der Waals surface area contributed by atoms with E-state index in [1.807, 2.05) is 0 Å². The number of halogens is 1. The Morgan fingerprint density at radius 1 is 1.35 bits per heavy atom. The molecule has 0 atom stereocenters. The van der Waals surface area contributed by atoms with Crippen molar-refractivity contribution in [2.75, 3.05) is 40.1 Å². The first-order valence-corrected chi connectivity index (χ1v) is 6.67. The summed E-state index contributed by atoms with van der Waals surface area (Å²) in [5.41, 5.74) is 0.455. The number of fused-ring (bicyclic) bond motifs is 1. The molecule has 1 aromatic carbocycles. The Bertz CT molecular complexity index is 482. The summed E-state index contributed by atoms with van der Waals surface area (Å²) in [6.45, 7) is 2.72. The molecule has 0 radical (unpaired) electrons. The van der Waals surface area contributed by atoms with Gasteiger partial charge in [0.1, 0.15) is 0 Å². The molecule has 1 amide bonds. The molecule has 0 aromatic heterocycles. The largest absolute Gasteiger partial charge is 0.454 e. The second kappa shape index (κ2) is 7.33.